The molecule has 0 saturated heterocycles. The predicted molar refractivity (Wildman–Crippen MR) is 214 cm³/mol. The molecule has 0 aromatic carbocycles. The van der Waals surface area contributed by atoms with E-state index in [9.17, 15) is 28.8 Å². The number of aromatic nitrogens is 5. The second kappa shape index (κ2) is 16.5. The Bertz CT molecular complexity index is 2420. The van der Waals surface area contributed by atoms with Crippen LogP contribution in [-0.4, -0.2) is 70.7 Å². The fourth-order valence-electron chi connectivity index (χ4n) is 5.67. The van der Waals surface area contributed by atoms with E-state index in [-0.39, 0.29) is 52.0 Å². The Hall–Kier alpha value is -7.09. The van der Waals surface area contributed by atoms with Crippen molar-refractivity contribution in [2.75, 3.05) is 33.1 Å². The van der Waals surface area contributed by atoms with E-state index < -0.39 is 29.5 Å². The van der Waals surface area contributed by atoms with Gasteiger partial charge in [-0.25, -0.2) is 0 Å². The number of nitrogens with one attached hydrogen (secondary N) is 7. The van der Waals surface area contributed by atoms with Crippen molar-refractivity contribution in [2.24, 2.45) is 41.0 Å². The van der Waals surface area contributed by atoms with Crippen LogP contribution in [-0.2, 0) is 40.0 Å². The van der Waals surface area contributed by atoms with Gasteiger partial charge in [0.2, 0.25) is 0 Å². The van der Waals surface area contributed by atoms with E-state index in [2.05, 4.69) is 54.4 Å². The average Bonchev–Trinajstić information content (AvgIpc) is 3.93. The molecule has 0 aliphatic carbocycles. The summed E-state index contributed by atoms with van der Waals surface area (Å²) < 4.78 is 7.84. The third kappa shape index (κ3) is 9.34. The van der Waals surface area contributed by atoms with Crippen LogP contribution < -0.4 is 37.6 Å². The third-order valence-corrected chi connectivity index (χ3v) is 8.76. The average molecular weight is 831 g/mol. The predicted octanol–water partition coefficient (Wildman–Crippen LogP) is 3.29. The largest absolute Gasteiger partial charge is 0.388 e. The first kappa shape index (κ1) is 40.1. The number of rotatable bonds is 14. The standard InChI is InChI=1S/C36H40BrN13O6/c1-19(37)31(51)41-20-10-26(47(3)14-20)33(53)43-22-12-28(49(5)16-22)35(55)45-24-13-29(50(6)18-24)36(56)44-23-11-27(48(4)17-23)34(54)42-21-9-25(46(2)15-21)32(52)40-8-7-30(38)39/h9-18H,1,7-8H2,2-6H3,(H3,38,39)(H,40,52)(H,41,51)(H,42,54)(H,43,53)(H,44,56)(H,45,55). The molecule has 0 radical (unpaired) electrons. The normalized spacial score (nSPS) is 10.8. The smallest absolute Gasteiger partial charge is 0.272 e. The SMILES string of the molecule is C=C(Br)C(=O)Nc1cc(C(=O)Nc2cc(C(=O)Nc3cc(C(=O)Nc4cc(C(=O)Nc5cc(C(=O)NCCC(=N)N)n(C)c5)n(C)c4)n(C)c3)n(C)c2)n(C)c1. The van der Waals surface area contributed by atoms with Gasteiger partial charge in [0.05, 0.1) is 38.8 Å². The zero-order chi connectivity index (χ0) is 41.0. The quantitative estimate of drug-likeness (QED) is 0.0471. The van der Waals surface area contributed by atoms with Crippen LogP contribution >= 0.6 is 15.9 Å². The second-order valence-electron chi connectivity index (χ2n) is 12.8. The van der Waals surface area contributed by atoms with Crippen LogP contribution in [0.25, 0.3) is 0 Å². The number of amidine groups is 1. The van der Waals surface area contributed by atoms with E-state index in [1.807, 2.05) is 0 Å². The molecule has 0 bridgehead atoms. The molecule has 20 heteroatoms. The molecule has 0 aliphatic heterocycles. The molecule has 0 unspecified atom stereocenters. The monoisotopic (exact) mass is 829 g/mol. The van der Waals surface area contributed by atoms with E-state index in [1.165, 1.54) is 44.0 Å². The van der Waals surface area contributed by atoms with Crippen LogP contribution in [0.4, 0.5) is 28.4 Å². The number of nitrogens with two attached hydrogens (primary N) is 1. The highest BCUT2D eigenvalue weighted by Gasteiger charge is 2.21. The highest BCUT2D eigenvalue weighted by molar-refractivity contribution is 9.12. The van der Waals surface area contributed by atoms with E-state index in [1.54, 1.807) is 75.4 Å². The summed E-state index contributed by atoms with van der Waals surface area (Å²) >= 11 is 3.01. The Morgan fingerprint density at radius 1 is 0.554 bits per heavy atom. The lowest BCUT2D eigenvalue weighted by atomic mass is 10.3. The molecule has 9 N–H and O–H groups in total. The van der Waals surface area contributed by atoms with Gasteiger partial charge in [-0.15, -0.1) is 0 Å². The number of anilines is 5. The molecule has 19 nitrogen and oxygen atoms in total. The van der Waals surface area contributed by atoms with Crippen molar-refractivity contribution in [1.29, 1.82) is 5.41 Å². The van der Waals surface area contributed by atoms with Gasteiger partial charge < -0.3 is 60.5 Å². The zero-order valence-electron chi connectivity index (χ0n) is 31.0. The molecule has 5 heterocycles. The number of halogens is 1. The number of hydrogen-bond donors (Lipinski definition) is 8. The summed E-state index contributed by atoms with van der Waals surface area (Å²) in [6.45, 7) is 3.72. The van der Waals surface area contributed by atoms with Gasteiger partial charge in [-0.3, -0.25) is 34.2 Å². The molecule has 6 amide bonds. The first-order valence-corrected chi connectivity index (χ1v) is 17.5. The van der Waals surface area contributed by atoms with E-state index >= 15 is 0 Å². The van der Waals surface area contributed by atoms with Gasteiger partial charge in [-0.1, -0.05) is 6.58 Å². The molecule has 0 aliphatic rings. The summed E-state index contributed by atoms with van der Waals surface area (Å²) in [6.07, 6.45) is 8.08. The van der Waals surface area contributed by atoms with Crippen molar-refractivity contribution < 1.29 is 28.8 Å². The minimum absolute atomic E-state index is 0.0435. The van der Waals surface area contributed by atoms with Crippen LogP contribution in [0, 0.1) is 5.41 Å². The maximum absolute atomic E-state index is 13.3. The van der Waals surface area contributed by atoms with Crippen molar-refractivity contribution in [3.8, 4) is 0 Å². The van der Waals surface area contributed by atoms with Gasteiger partial charge in [0.15, 0.2) is 0 Å². The lowest BCUT2D eigenvalue weighted by Crippen LogP contribution is -2.28. The summed E-state index contributed by atoms with van der Waals surface area (Å²) in [5.41, 5.74) is 8.36. The molecule has 0 fully saturated rings. The number of carbonyl (C=O) groups excluding carboxylic acids is 6. The van der Waals surface area contributed by atoms with Crippen molar-refractivity contribution in [2.45, 2.75) is 6.42 Å². The van der Waals surface area contributed by atoms with Crippen molar-refractivity contribution >= 4 is 85.6 Å². The zero-order valence-corrected chi connectivity index (χ0v) is 32.6. The molecule has 0 atom stereocenters. The van der Waals surface area contributed by atoms with Crippen molar-refractivity contribution in [3.63, 3.8) is 0 Å². The van der Waals surface area contributed by atoms with Gasteiger partial charge in [-0.2, -0.15) is 0 Å². The van der Waals surface area contributed by atoms with E-state index in [0.29, 0.717) is 34.1 Å². The Kier molecular flexibility index (Phi) is 11.8. The topological polar surface area (TPSA) is 249 Å². The molecular formula is C36H40BrN13O6. The van der Waals surface area contributed by atoms with Gasteiger partial charge >= 0.3 is 0 Å². The Balaban J connectivity index is 1.18. The highest BCUT2D eigenvalue weighted by atomic mass is 79.9. The van der Waals surface area contributed by atoms with E-state index in [4.69, 9.17) is 11.1 Å². The van der Waals surface area contributed by atoms with Gasteiger partial charge in [0.1, 0.15) is 28.5 Å². The fraction of sp³-hybridized carbons (Fsp3) is 0.194. The van der Waals surface area contributed by atoms with Gasteiger partial charge in [0, 0.05) is 79.2 Å². The number of carbonyl (C=O) groups is 6. The van der Waals surface area contributed by atoms with E-state index in [0.717, 1.165) is 0 Å². The maximum atomic E-state index is 13.3. The molecule has 56 heavy (non-hydrogen) atoms. The highest BCUT2D eigenvalue weighted by Crippen LogP contribution is 2.22. The van der Waals surface area contributed by atoms with Gasteiger partial charge in [-0.05, 0) is 46.3 Å². The molecule has 0 spiro atoms. The summed E-state index contributed by atoms with van der Waals surface area (Å²) in [5, 5.41) is 23.6. The van der Waals surface area contributed by atoms with Crippen LogP contribution in [0.2, 0.25) is 0 Å². The molecular weight excluding hydrogens is 790 g/mol. The first-order valence-electron chi connectivity index (χ1n) is 16.7. The third-order valence-electron chi connectivity index (χ3n) is 8.40. The van der Waals surface area contributed by atoms with Crippen LogP contribution in [0.1, 0.15) is 58.9 Å². The molecule has 5 rings (SSSR count). The summed E-state index contributed by atoms with van der Waals surface area (Å²) in [5.74, 6) is -2.83. The number of amides is 6. The van der Waals surface area contributed by atoms with Crippen molar-refractivity contribution in [3.05, 3.63) is 101 Å². The minimum atomic E-state index is -0.501. The number of nitrogens with zero attached hydrogens (tertiary/aromatic N) is 5. The first-order chi connectivity index (χ1) is 26.4. The number of aryl methyl sites for hydroxylation is 5. The van der Waals surface area contributed by atoms with Gasteiger partial charge in [0.25, 0.3) is 35.4 Å². The molecule has 0 saturated carbocycles. The molecule has 292 valence electrons. The second-order valence-corrected chi connectivity index (χ2v) is 13.8. The molecule has 5 aromatic heterocycles. The van der Waals surface area contributed by atoms with Crippen molar-refractivity contribution in [1.82, 2.24) is 28.2 Å². The Morgan fingerprint density at radius 2 is 0.821 bits per heavy atom. The fourth-order valence-corrected chi connectivity index (χ4v) is 5.77. The number of hydrogen-bond acceptors (Lipinski definition) is 7. The Morgan fingerprint density at radius 3 is 1.09 bits per heavy atom. The summed E-state index contributed by atoms with van der Waals surface area (Å²) in [4.78, 5) is 77.2. The Labute approximate surface area is 328 Å². The lowest BCUT2D eigenvalue weighted by Gasteiger charge is -2.04. The van der Waals surface area contributed by atoms with Crippen LogP contribution in [0.15, 0.2) is 72.4 Å². The lowest BCUT2D eigenvalue weighted by molar-refractivity contribution is -0.112. The molecule has 5 aromatic rings. The van der Waals surface area contributed by atoms with Crippen LogP contribution in [0.3, 0.4) is 0 Å². The summed E-state index contributed by atoms with van der Waals surface area (Å²) in [6, 6.07) is 7.52. The summed E-state index contributed by atoms with van der Waals surface area (Å²) in [7, 11) is 8.23. The van der Waals surface area contributed by atoms with Crippen LogP contribution in [0.5, 0.6) is 0 Å². The minimum Gasteiger partial charge on any atom is -0.388 e. The maximum Gasteiger partial charge on any atom is 0.272 e.